The van der Waals surface area contributed by atoms with E-state index in [1.807, 2.05) is 38.1 Å². The molecule has 1 unspecified atom stereocenters. The second-order valence-corrected chi connectivity index (χ2v) is 8.61. The van der Waals surface area contributed by atoms with Gasteiger partial charge in [0, 0.05) is 28.5 Å². The molecule has 2 aromatic heterocycles. The normalized spacial score (nSPS) is 12.2. The maximum absolute atomic E-state index is 9.76. The third-order valence-corrected chi connectivity index (χ3v) is 6.63. The number of aromatic nitrogens is 3. The Kier molecular flexibility index (Phi) is 8.89. The average Bonchev–Trinajstić information content (AvgIpc) is 3.12. The molecule has 0 amide bonds. The molecule has 0 spiro atoms. The summed E-state index contributed by atoms with van der Waals surface area (Å²) in [4.78, 5) is 2.46. The maximum atomic E-state index is 9.76. The van der Waals surface area contributed by atoms with Gasteiger partial charge in [0.15, 0.2) is 11.5 Å². The quantitative estimate of drug-likeness (QED) is 0.376. The van der Waals surface area contributed by atoms with Crippen molar-refractivity contribution >= 4 is 16.6 Å². The minimum Gasteiger partial charge on any atom is -0.494 e. The summed E-state index contributed by atoms with van der Waals surface area (Å²) in [5, 5.41) is 24.0. The van der Waals surface area contributed by atoms with Crippen LogP contribution in [-0.4, -0.2) is 51.9 Å². The minimum atomic E-state index is 0.300. The van der Waals surface area contributed by atoms with Gasteiger partial charge in [-0.25, -0.2) is 0 Å². The van der Waals surface area contributed by atoms with Gasteiger partial charge in [-0.15, -0.1) is 10.2 Å². The third-order valence-electron chi connectivity index (χ3n) is 6.63. The second-order valence-electron chi connectivity index (χ2n) is 8.61. The molecular formula is C27H38N6O. The van der Waals surface area contributed by atoms with Crippen molar-refractivity contribution in [2.45, 2.75) is 66.8 Å². The molecule has 1 N–H and O–H groups in total. The SMILES string of the molecule is CCOc1ccc(-n2c(C)c3c(C#N)nnc(NC(CC)CCCN(CC)CC)c3c2C)cc1. The zero-order chi connectivity index (χ0) is 24.7. The number of aryl methyl sites for hydroxylation is 2. The molecule has 7 heteroatoms. The van der Waals surface area contributed by atoms with Crippen molar-refractivity contribution in [1.82, 2.24) is 19.7 Å². The molecule has 3 aromatic rings. The molecular weight excluding hydrogens is 424 g/mol. The third kappa shape index (κ3) is 5.34. The molecule has 34 heavy (non-hydrogen) atoms. The van der Waals surface area contributed by atoms with Crippen molar-refractivity contribution in [1.29, 1.82) is 5.26 Å². The Bertz CT molecular complexity index is 1120. The fourth-order valence-electron chi connectivity index (χ4n) is 4.71. The lowest BCUT2D eigenvalue weighted by molar-refractivity contribution is 0.294. The molecule has 0 fully saturated rings. The van der Waals surface area contributed by atoms with Crippen LogP contribution in [0.15, 0.2) is 24.3 Å². The van der Waals surface area contributed by atoms with E-state index in [0.717, 1.165) is 78.3 Å². The number of ether oxygens (including phenoxy) is 1. The van der Waals surface area contributed by atoms with E-state index in [1.165, 1.54) is 0 Å². The number of nitrogens with one attached hydrogen (secondary N) is 1. The highest BCUT2D eigenvalue weighted by Gasteiger charge is 2.22. The first kappa shape index (κ1) is 25.5. The first-order chi connectivity index (χ1) is 16.5. The molecule has 0 saturated carbocycles. The van der Waals surface area contributed by atoms with E-state index in [1.54, 1.807) is 0 Å². The van der Waals surface area contributed by atoms with Crippen LogP contribution in [0, 0.1) is 25.2 Å². The van der Waals surface area contributed by atoms with Crippen molar-refractivity contribution in [3.05, 3.63) is 41.3 Å². The molecule has 0 radical (unpaired) electrons. The van der Waals surface area contributed by atoms with Crippen molar-refractivity contribution in [3.63, 3.8) is 0 Å². The molecule has 3 rings (SSSR count). The van der Waals surface area contributed by atoms with Crippen LogP contribution in [0.4, 0.5) is 5.82 Å². The summed E-state index contributed by atoms with van der Waals surface area (Å²) in [7, 11) is 0. The highest BCUT2D eigenvalue weighted by atomic mass is 16.5. The Morgan fingerprint density at radius 1 is 1.03 bits per heavy atom. The fourth-order valence-corrected chi connectivity index (χ4v) is 4.71. The van der Waals surface area contributed by atoms with E-state index in [2.05, 4.69) is 58.7 Å². The predicted molar refractivity (Wildman–Crippen MR) is 139 cm³/mol. The summed E-state index contributed by atoms with van der Waals surface area (Å²) < 4.78 is 7.78. The lowest BCUT2D eigenvalue weighted by Gasteiger charge is -2.21. The van der Waals surface area contributed by atoms with Crippen LogP contribution in [0.2, 0.25) is 0 Å². The topological polar surface area (TPSA) is 79.0 Å². The second kappa shape index (κ2) is 11.8. The highest BCUT2D eigenvalue weighted by molar-refractivity contribution is 5.99. The number of nitriles is 1. The zero-order valence-electron chi connectivity index (χ0n) is 21.5. The molecule has 7 nitrogen and oxygen atoms in total. The summed E-state index contributed by atoms with van der Waals surface area (Å²) in [6.07, 6.45) is 3.19. The minimum absolute atomic E-state index is 0.300. The lowest BCUT2D eigenvalue weighted by Crippen LogP contribution is -2.26. The van der Waals surface area contributed by atoms with Crippen LogP contribution >= 0.6 is 0 Å². The molecule has 0 aliphatic rings. The molecule has 1 atom stereocenters. The first-order valence-electron chi connectivity index (χ1n) is 12.5. The van der Waals surface area contributed by atoms with E-state index in [9.17, 15) is 5.26 Å². The van der Waals surface area contributed by atoms with E-state index in [4.69, 9.17) is 4.74 Å². The Morgan fingerprint density at radius 3 is 2.29 bits per heavy atom. The fraction of sp³-hybridized carbons (Fsp3) is 0.519. The van der Waals surface area contributed by atoms with Gasteiger partial charge in [0.05, 0.1) is 12.0 Å². The maximum Gasteiger partial charge on any atom is 0.172 e. The molecule has 1 aromatic carbocycles. The summed E-state index contributed by atoms with van der Waals surface area (Å²) in [5.74, 6) is 1.60. The van der Waals surface area contributed by atoms with Crippen LogP contribution < -0.4 is 10.1 Å². The van der Waals surface area contributed by atoms with E-state index in [0.29, 0.717) is 18.3 Å². The van der Waals surface area contributed by atoms with Crippen LogP contribution in [0.3, 0.4) is 0 Å². The Hall–Kier alpha value is -3.11. The first-order valence-corrected chi connectivity index (χ1v) is 12.5. The summed E-state index contributed by atoms with van der Waals surface area (Å²) >= 11 is 0. The number of nitrogens with zero attached hydrogens (tertiary/aromatic N) is 5. The van der Waals surface area contributed by atoms with Crippen LogP contribution in [0.5, 0.6) is 5.75 Å². The van der Waals surface area contributed by atoms with Gasteiger partial charge < -0.3 is 19.5 Å². The van der Waals surface area contributed by atoms with Crippen molar-refractivity contribution in [2.24, 2.45) is 0 Å². The number of anilines is 1. The molecule has 2 heterocycles. The van der Waals surface area contributed by atoms with Crippen LogP contribution in [-0.2, 0) is 0 Å². The highest BCUT2D eigenvalue weighted by Crippen LogP contribution is 2.35. The average molecular weight is 463 g/mol. The Balaban J connectivity index is 1.97. The van der Waals surface area contributed by atoms with Gasteiger partial charge in [-0.05, 0) is 83.9 Å². The number of hydrogen-bond acceptors (Lipinski definition) is 6. The van der Waals surface area contributed by atoms with Crippen molar-refractivity contribution < 1.29 is 4.74 Å². The van der Waals surface area contributed by atoms with Gasteiger partial charge >= 0.3 is 0 Å². The Labute approximate surface area is 203 Å². The monoisotopic (exact) mass is 462 g/mol. The number of hydrogen-bond donors (Lipinski definition) is 1. The molecule has 0 aliphatic carbocycles. The van der Waals surface area contributed by atoms with Gasteiger partial charge in [0.1, 0.15) is 11.8 Å². The van der Waals surface area contributed by atoms with Crippen LogP contribution in [0.25, 0.3) is 16.5 Å². The van der Waals surface area contributed by atoms with Gasteiger partial charge in [-0.2, -0.15) is 5.26 Å². The standard InChI is InChI=1S/C27H38N6O/c1-7-21(12-11-17-32(8-2)9-3)29-27-26-20(6)33(19(5)25(26)24(18-28)30-31-27)22-13-15-23(16-14-22)34-10-4/h13-16,21H,7-12,17H2,1-6H3,(H,29,31). The van der Waals surface area contributed by atoms with Gasteiger partial charge in [-0.1, -0.05) is 20.8 Å². The van der Waals surface area contributed by atoms with Crippen LogP contribution in [0.1, 0.15) is 64.0 Å². The molecule has 0 bridgehead atoms. The molecule has 182 valence electrons. The predicted octanol–water partition coefficient (Wildman–Crippen LogP) is 5.62. The van der Waals surface area contributed by atoms with Crippen molar-refractivity contribution in [3.8, 4) is 17.5 Å². The van der Waals surface area contributed by atoms with E-state index < -0.39 is 0 Å². The number of benzene rings is 1. The smallest absolute Gasteiger partial charge is 0.172 e. The van der Waals surface area contributed by atoms with E-state index >= 15 is 0 Å². The van der Waals surface area contributed by atoms with Crippen molar-refractivity contribution in [2.75, 3.05) is 31.6 Å². The lowest BCUT2D eigenvalue weighted by atomic mass is 10.1. The zero-order valence-corrected chi connectivity index (χ0v) is 21.5. The number of rotatable bonds is 12. The largest absolute Gasteiger partial charge is 0.494 e. The summed E-state index contributed by atoms with van der Waals surface area (Å²) in [5.41, 5.74) is 3.42. The Morgan fingerprint density at radius 2 is 1.71 bits per heavy atom. The molecule has 0 saturated heterocycles. The van der Waals surface area contributed by atoms with E-state index in [-0.39, 0.29) is 0 Å². The summed E-state index contributed by atoms with van der Waals surface area (Å²) in [6.45, 7) is 16.6. The molecule has 0 aliphatic heterocycles. The summed E-state index contributed by atoms with van der Waals surface area (Å²) in [6, 6.07) is 10.6. The number of fused-ring (bicyclic) bond motifs is 1. The van der Waals surface area contributed by atoms with Gasteiger partial charge in [0.2, 0.25) is 0 Å². The van der Waals surface area contributed by atoms with Gasteiger partial charge in [-0.3, -0.25) is 0 Å². The van der Waals surface area contributed by atoms with Gasteiger partial charge in [0.25, 0.3) is 0 Å².